The average Bonchev–Trinajstić information content (AvgIpc) is 2.74. The zero-order valence-corrected chi connectivity index (χ0v) is 15.2. The van der Waals surface area contributed by atoms with Crippen LogP contribution < -0.4 is 4.74 Å². The second kappa shape index (κ2) is 6.38. The maximum absolute atomic E-state index is 11.0. The first-order chi connectivity index (χ1) is 13.2. The van der Waals surface area contributed by atoms with Crippen LogP contribution >= 0.6 is 0 Å². The van der Waals surface area contributed by atoms with Gasteiger partial charge in [-0.25, -0.2) is 0 Å². The molecule has 0 unspecified atom stereocenters. The van der Waals surface area contributed by atoms with E-state index in [1.165, 1.54) is 10.9 Å². The summed E-state index contributed by atoms with van der Waals surface area (Å²) in [7, 11) is 0. The van der Waals surface area contributed by atoms with E-state index in [2.05, 4.69) is 47.4 Å². The van der Waals surface area contributed by atoms with Gasteiger partial charge in [-0.05, 0) is 48.1 Å². The summed E-state index contributed by atoms with van der Waals surface area (Å²) in [5, 5.41) is 2.36. The standard InChI is InChI=1S/C23H22N2O2/c26-16-25-11-9-23(10-12-25)8-7-19-13-18(5-6-22(19)27-23)21-14-17-3-1-2-4-20(17)15-24-21/h1-6,13-16H,7-12H2. The molecule has 3 heterocycles. The molecule has 0 N–H and O–H groups in total. The van der Waals surface area contributed by atoms with Crippen molar-refractivity contribution >= 4 is 17.2 Å². The van der Waals surface area contributed by atoms with Gasteiger partial charge in [0.25, 0.3) is 0 Å². The van der Waals surface area contributed by atoms with Crippen molar-refractivity contribution in [1.82, 2.24) is 9.88 Å². The number of pyridine rings is 1. The largest absolute Gasteiger partial charge is 0.487 e. The molecule has 1 aromatic heterocycles. The fraction of sp³-hybridized carbons (Fsp3) is 0.304. The zero-order chi connectivity index (χ0) is 18.3. The van der Waals surface area contributed by atoms with Crippen LogP contribution in [0, 0.1) is 0 Å². The molecule has 0 aliphatic carbocycles. The monoisotopic (exact) mass is 358 g/mol. The van der Waals surface area contributed by atoms with Crippen molar-refractivity contribution in [3.63, 3.8) is 0 Å². The van der Waals surface area contributed by atoms with Crippen molar-refractivity contribution in [3.05, 3.63) is 60.3 Å². The number of hydrogen-bond acceptors (Lipinski definition) is 3. The highest BCUT2D eigenvalue weighted by molar-refractivity contribution is 5.85. The lowest BCUT2D eigenvalue weighted by atomic mass is 9.83. The normalized spacial score (nSPS) is 18.1. The Morgan fingerprint density at radius 2 is 1.81 bits per heavy atom. The Balaban J connectivity index is 1.42. The number of aromatic nitrogens is 1. The molecule has 0 bridgehead atoms. The van der Waals surface area contributed by atoms with E-state index in [0.29, 0.717) is 0 Å². The molecule has 4 heteroatoms. The number of rotatable bonds is 2. The number of amides is 1. The predicted molar refractivity (Wildman–Crippen MR) is 106 cm³/mol. The quantitative estimate of drug-likeness (QED) is 0.644. The van der Waals surface area contributed by atoms with Crippen LogP contribution in [0.5, 0.6) is 5.75 Å². The molecule has 2 aromatic carbocycles. The molecule has 136 valence electrons. The van der Waals surface area contributed by atoms with Gasteiger partial charge in [-0.15, -0.1) is 0 Å². The number of carbonyl (C=O) groups excluding carboxylic acids is 1. The summed E-state index contributed by atoms with van der Waals surface area (Å²) >= 11 is 0. The molecule has 3 aromatic rings. The van der Waals surface area contributed by atoms with Gasteiger partial charge in [-0.3, -0.25) is 9.78 Å². The molecule has 1 saturated heterocycles. The van der Waals surface area contributed by atoms with Crippen molar-refractivity contribution < 1.29 is 9.53 Å². The lowest BCUT2D eigenvalue weighted by Gasteiger charge is -2.43. The minimum atomic E-state index is -0.102. The third-order valence-corrected chi connectivity index (χ3v) is 6.02. The number of hydrogen-bond donors (Lipinski definition) is 0. The Bertz CT molecular complexity index is 1010. The Morgan fingerprint density at radius 1 is 1.00 bits per heavy atom. The smallest absolute Gasteiger partial charge is 0.209 e. The minimum Gasteiger partial charge on any atom is -0.487 e. The molecule has 1 spiro atoms. The minimum absolute atomic E-state index is 0.102. The van der Waals surface area contributed by atoms with E-state index < -0.39 is 0 Å². The summed E-state index contributed by atoms with van der Waals surface area (Å²) in [5.74, 6) is 0.991. The first-order valence-electron chi connectivity index (χ1n) is 9.61. The number of ether oxygens (including phenoxy) is 1. The summed E-state index contributed by atoms with van der Waals surface area (Å²) in [4.78, 5) is 17.5. The summed E-state index contributed by atoms with van der Waals surface area (Å²) in [6.45, 7) is 1.58. The third-order valence-electron chi connectivity index (χ3n) is 6.02. The number of aryl methyl sites for hydroxylation is 1. The van der Waals surface area contributed by atoms with Crippen LogP contribution in [0.1, 0.15) is 24.8 Å². The second-order valence-corrected chi connectivity index (χ2v) is 7.67. The average molecular weight is 358 g/mol. The van der Waals surface area contributed by atoms with Gasteiger partial charge in [-0.2, -0.15) is 0 Å². The van der Waals surface area contributed by atoms with Crippen LogP contribution in [0.25, 0.3) is 22.0 Å². The van der Waals surface area contributed by atoms with Gasteiger partial charge in [0.05, 0.1) is 5.69 Å². The van der Waals surface area contributed by atoms with E-state index in [4.69, 9.17) is 4.74 Å². The van der Waals surface area contributed by atoms with Gasteiger partial charge in [0.15, 0.2) is 0 Å². The van der Waals surface area contributed by atoms with Crippen LogP contribution in [-0.4, -0.2) is 35.0 Å². The third kappa shape index (κ3) is 2.95. The maximum Gasteiger partial charge on any atom is 0.209 e. The molecule has 0 radical (unpaired) electrons. The molecule has 1 fully saturated rings. The van der Waals surface area contributed by atoms with Gasteiger partial charge in [0.2, 0.25) is 6.41 Å². The van der Waals surface area contributed by atoms with Gasteiger partial charge in [0, 0.05) is 43.1 Å². The van der Waals surface area contributed by atoms with Crippen molar-refractivity contribution in [3.8, 4) is 17.0 Å². The van der Waals surface area contributed by atoms with Crippen LogP contribution in [0.4, 0.5) is 0 Å². The van der Waals surface area contributed by atoms with Crippen molar-refractivity contribution in [1.29, 1.82) is 0 Å². The first kappa shape index (κ1) is 16.3. The number of benzene rings is 2. The molecule has 0 saturated carbocycles. The van der Waals surface area contributed by atoms with Crippen molar-refractivity contribution in [2.24, 2.45) is 0 Å². The topological polar surface area (TPSA) is 42.4 Å². The lowest BCUT2D eigenvalue weighted by molar-refractivity contribution is -0.121. The van der Waals surface area contributed by atoms with Crippen LogP contribution in [0.15, 0.2) is 54.7 Å². The summed E-state index contributed by atoms with van der Waals surface area (Å²) in [5.41, 5.74) is 3.28. The van der Waals surface area contributed by atoms with E-state index in [1.807, 2.05) is 17.2 Å². The second-order valence-electron chi connectivity index (χ2n) is 7.67. The fourth-order valence-electron chi connectivity index (χ4n) is 4.31. The highest BCUT2D eigenvalue weighted by atomic mass is 16.5. The Kier molecular flexibility index (Phi) is 3.85. The predicted octanol–water partition coefficient (Wildman–Crippen LogP) is 4.22. The summed E-state index contributed by atoms with van der Waals surface area (Å²) in [6.07, 6.45) is 6.75. The van der Waals surface area contributed by atoms with E-state index in [-0.39, 0.29) is 5.60 Å². The number of fused-ring (bicyclic) bond motifs is 2. The lowest BCUT2D eigenvalue weighted by Crippen LogP contribution is -2.49. The van der Waals surface area contributed by atoms with Gasteiger partial charge in [0.1, 0.15) is 11.4 Å². The van der Waals surface area contributed by atoms with Gasteiger partial charge in [-0.1, -0.05) is 24.3 Å². The van der Waals surface area contributed by atoms with Crippen LogP contribution in [0.3, 0.4) is 0 Å². The molecule has 1 amide bonds. The summed E-state index contributed by atoms with van der Waals surface area (Å²) in [6, 6.07) is 16.9. The number of likely N-dealkylation sites (tertiary alicyclic amines) is 1. The van der Waals surface area contributed by atoms with Gasteiger partial charge >= 0.3 is 0 Å². The molecular weight excluding hydrogens is 336 g/mol. The molecule has 0 atom stereocenters. The van der Waals surface area contributed by atoms with E-state index >= 15 is 0 Å². The van der Waals surface area contributed by atoms with Crippen molar-refractivity contribution in [2.45, 2.75) is 31.3 Å². The summed E-state index contributed by atoms with van der Waals surface area (Å²) < 4.78 is 6.45. The molecule has 2 aliphatic rings. The zero-order valence-electron chi connectivity index (χ0n) is 15.2. The van der Waals surface area contributed by atoms with Crippen LogP contribution in [0.2, 0.25) is 0 Å². The van der Waals surface area contributed by atoms with E-state index in [1.54, 1.807) is 0 Å². The van der Waals surface area contributed by atoms with Crippen molar-refractivity contribution in [2.75, 3.05) is 13.1 Å². The SMILES string of the molecule is O=CN1CCC2(CCc3cc(-c4cc5ccccc5cn4)ccc3O2)CC1. The Labute approximate surface area is 158 Å². The highest BCUT2D eigenvalue weighted by Gasteiger charge is 2.39. The molecule has 4 nitrogen and oxygen atoms in total. The molecule has 2 aliphatic heterocycles. The van der Waals surface area contributed by atoms with Crippen LogP contribution in [-0.2, 0) is 11.2 Å². The maximum atomic E-state index is 11.0. The van der Waals surface area contributed by atoms with Gasteiger partial charge < -0.3 is 9.64 Å². The number of carbonyl (C=O) groups is 1. The van der Waals surface area contributed by atoms with E-state index in [9.17, 15) is 4.79 Å². The highest BCUT2D eigenvalue weighted by Crippen LogP contribution is 2.40. The fourth-order valence-corrected chi connectivity index (χ4v) is 4.31. The molecular formula is C23H22N2O2. The Hall–Kier alpha value is -2.88. The number of piperidine rings is 1. The Morgan fingerprint density at radius 3 is 2.63 bits per heavy atom. The van der Waals surface area contributed by atoms with E-state index in [0.717, 1.165) is 67.6 Å². The molecule has 5 rings (SSSR count). The first-order valence-corrected chi connectivity index (χ1v) is 9.61. The molecule has 27 heavy (non-hydrogen) atoms. The number of nitrogens with zero attached hydrogens (tertiary/aromatic N) is 2.